The maximum Gasteiger partial charge on any atom is 0.192 e. The summed E-state index contributed by atoms with van der Waals surface area (Å²) in [5, 5.41) is 0.140. The van der Waals surface area contributed by atoms with Crippen LogP contribution in [-0.4, -0.2) is 34.4 Å². The third kappa shape index (κ3) is 8.06. The Balaban J connectivity index is 2.49. The van der Waals surface area contributed by atoms with E-state index in [0.717, 1.165) is 30.4 Å². The van der Waals surface area contributed by atoms with Gasteiger partial charge in [0.15, 0.2) is 8.32 Å². The molecule has 28 heavy (non-hydrogen) atoms. The zero-order valence-corrected chi connectivity index (χ0v) is 20.1. The van der Waals surface area contributed by atoms with Gasteiger partial charge in [0.05, 0.1) is 19.8 Å². The van der Waals surface area contributed by atoms with Crippen molar-refractivity contribution in [2.75, 3.05) is 13.7 Å². The fourth-order valence-electron chi connectivity index (χ4n) is 2.70. The lowest BCUT2D eigenvalue weighted by atomic mass is 9.97. The molecule has 0 amide bonds. The zero-order valence-electron chi connectivity index (χ0n) is 19.1. The summed E-state index contributed by atoms with van der Waals surface area (Å²) >= 11 is 0. The molecule has 1 aromatic rings. The molecular formula is C23H40O4Si. The summed E-state index contributed by atoms with van der Waals surface area (Å²) in [6.07, 6.45) is 2.89. The molecule has 0 heterocycles. The van der Waals surface area contributed by atoms with E-state index in [2.05, 4.69) is 40.8 Å². The zero-order chi connectivity index (χ0) is 21.4. The van der Waals surface area contributed by atoms with Crippen LogP contribution in [0.15, 0.2) is 24.3 Å². The van der Waals surface area contributed by atoms with Crippen LogP contribution < -0.4 is 4.74 Å². The van der Waals surface area contributed by atoms with Crippen molar-refractivity contribution in [2.45, 2.75) is 78.3 Å². The normalized spacial score (nSPS) is 15.7. The smallest absolute Gasteiger partial charge is 0.192 e. The van der Waals surface area contributed by atoms with Gasteiger partial charge in [-0.25, -0.2) is 0 Å². The van der Waals surface area contributed by atoms with E-state index in [-0.39, 0.29) is 17.1 Å². The van der Waals surface area contributed by atoms with E-state index in [1.54, 1.807) is 7.11 Å². The second kappa shape index (κ2) is 11.1. The average Bonchev–Trinajstić information content (AvgIpc) is 2.64. The van der Waals surface area contributed by atoms with Crippen LogP contribution in [0.3, 0.4) is 0 Å². The molecule has 3 atom stereocenters. The molecule has 0 aliphatic heterocycles. The molecule has 0 fully saturated rings. The number of methoxy groups -OCH3 is 1. The highest BCUT2D eigenvalue weighted by Gasteiger charge is 2.40. The molecule has 0 bridgehead atoms. The monoisotopic (exact) mass is 408 g/mol. The molecule has 160 valence electrons. The standard InChI is InChI=1S/C23H40O4Si/c1-18(16-26-17-20-10-12-21(25-6)13-11-20)9-14-22(19(2)15-24)27-28(7,8)23(3,4)5/h10-13,15,18-19,22H,9,14,16-17H2,1-8H3. The third-order valence-corrected chi connectivity index (χ3v) is 10.3. The van der Waals surface area contributed by atoms with Crippen LogP contribution in [0.1, 0.15) is 53.0 Å². The van der Waals surface area contributed by atoms with Gasteiger partial charge in [-0.15, -0.1) is 0 Å². The fourth-order valence-corrected chi connectivity index (χ4v) is 4.15. The van der Waals surface area contributed by atoms with Crippen molar-refractivity contribution in [3.8, 4) is 5.75 Å². The summed E-state index contributed by atoms with van der Waals surface area (Å²) in [6.45, 7) is 16.7. The van der Waals surface area contributed by atoms with Gasteiger partial charge in [0.2, 0.25) is 0 Å². The summed E-state index contributed by atoms with van der Waals surface area (Å²) < 4.78 is 17.6. The third-order valence-electron chi connectivity index (χ3n) is 5.83. The molecule has 0 radical (unpaired) electrons. The highest BCUT2D eigenvalue weighted by Crippen LogP contribution is 2.38. The predicted molar refractivity (Wildman–Crippen MR) is 118 cm³/mol. The Bertz CT molecular complexity index is 577. The first-order valence-electron chi connectivity index (χ1n) is 10.3. The number of aldehydes is 1. The van der Waals surface area contributed by atoms with Crippen molar-refractivity contribution >= 4 is 14.6 Å². The van der Waals surface area contributed by atoms with Crippen LogP contribution >= 0.6 is 0 Å². The van der Waals surface area contributed by atoms with Crippen molar-refractivity contribution in [2.24, 2.45) is 11.8 Å². The molecule has 0 saturated heterocycles. The summed E-state index contributed by atoms with van der Waals surface area (Å²) in [6, 6.07) is 7.95. The number of ether oxygens (including phenoxy) is 2. The summed E-state index contributed by atoms with van der Waals surface area (Å²) in [4.78, 5) is 11.4. The Kier molecular flexibility index (Phi) is 9.88. The van der Waals surface area contributed by atoms with E-state index >= 15 is 0 Å². The van der Waals surface area contributed by atoms with Crippen molar-refractivity contribution in [3.63, 3.8) is 0 Å². The minimum atomic E-state index is -1.90. The van der Waals surface area contributed by atoms with Gasteiger partial charge < -0.3 is 18.7 Å². The lowest BCUT2D eigenvalue weighted by molar-refractivity contribution is -0.113. The maximum absolute atomic E-state index is 11.4. The van der Waals surface area contributed by atoms with E-state index in [0.29, 0.717) is 19.1 Å². The predicted octanol–water partition coefficient (Wildman–Crippen LogP) is 5.85. The van der Waals surface area contributed by atoms with Gasteiger partial charge in [-0.05, 0) is 54.6 Å². The molecule has 5 heteroatoms. The van der Waals surface area contributed by atoms with Crippen molar-refractivity contribution in [1.82, 2.24) is 0 Å². The number of rotatable bonds is 12. The second-order valence-electron chi connectivity index (χ2n) is 9.46. The van der Waals surface area contributed by atoms with Crippen LogP contribution in [0.4, 0.5) is 0 Å². The quantitative estimate of drug-likeness (QED) is 0.321. The first-order valence-corrected chi connectivity index (χ1v) is 13.2. The molecule has 0 aliphatic carbocycles. The van der Waals surface area contributed by atoms with E-state index in [1.165, 1.54) is 0 Å². The number of hydrogen-bond acceptors (Lipinski definition) is 4. The lowest BCUT2D eigenvalue weighted by Gasteiger charge is -2.40. The van der Waals surface area contributed by atoms with E-state index in [9.17, 15) is 4.79 Å². The summed E-state index contributed by atoms with van der Waals surface area (Å²) in [7, 11) is -0.229. The highest BCUT2D eigenvalue weighted by molar-refractivity contribution is 6.74. The topological polar surface area (TPSA) is 44.8 Å². The number of carbonyl (C=O) groups excluding carboxylic acids is 1. The van der Waals surface area contributed by atoms with Crippen LogP contribution in [-0.2, 0) is 20.6 Å². The largest absolute Gasteiger partial charge is 0.497 e. The van der Waals surface area contributed by atoms with Crippen LogP contribution in [0.25, 0.3) is 0 Å². The molecule has 0 aliphatic rings. The van der Waals surface area contributed by atoms with Crippen LogP contribution in [0.5, 0.6) is 5.75 Å². The van der Waals surface area contributed by atoms with Gasteiger partial charge in [-0.2, -0.15) is 0 Å². The molecule has 0 saturated carbocycles. The maximum atomic E-state index is 11.4. The van der Waals surface area contributed by atoms with Gasteiger partial charge in [0, 0.05) is 12.5 Å². The van der Waals surface area contributed by atoms with E-state index in [4.69, 9.17) is 13.9 Å². The van der Waals surface area contributed by atoms with Gasteiger partial charge >= 0.3 is 0 Å². The first kappa shape index (κ1) is 24.9. The Morgan fingerprint density at radius 1 is 1.07 bits per heavy atom. The van der Waals surface area contributed by atoms with Gasteiger partial charge in [-0.1, -0.05) is 46.8 Å². The van der Waals surface area contributed by atoms with E-state index in [1.807, 2.05) is 31.2 Å². The fraction of sp³-hybridized carbons (Fsp3) is 0.696. The molecular weight excluding hydrogens is 368 g/mol. The Morgan fingerprint density at radius 2 is 1.68 bits per heavy atom. The number of carbonyl (C=O) groups is 1. The van der Waals surface area contributed by atoms with Crippen molar-refractivity contribution in [3.05, 3.63) is 29.8 Å². The van der Waals surface area contributed by atoms with Crippen molar-refractivity contribution < 1.29 is 18.7 Å². The minimum absolute atomic E-state index is 0.0116. The first-order chi connectivity index (χ1) is 13.0. The molecule has 3 unspecified atom stereocenters. The molecule has 0 spiro atoms. The number of hydrogen-bond donors (Lipinski definition) is 0. The molecule has 4 nitrogen and oxygen atoms in total. The highest BCUT2D eigenvalue weighted by atomic mass is 28.4. The van der Waals surface area contributed by atoms with Gasteiger partial charge in [0.25, 0.3) is 0 Å². The van der Waals surface area contributed by atoms with E-state index < -0.39 is 8.32 Å². The molecule has 0 N–H and O–H groups in total. The second-order valence-corrected chi connectivity index (χ2v) is 14.2. The van der Waals surface area contributed by atoms with Crippen LogP contribution in [0.2, 0.25) is 18.1 Å². The average molecular weight is 409 g/mol. The lowest BCUT2D eigenvalue weighted by Crippen LogP contribution is -2.45. The van der Waals surface area contributed by atoms with Crippen LogP contribution in [0, 0.1) is 11.8 Å². The minimum Gasteiger partial charge on any atom is -0.497 e. The molecule has 1 aromatic carbocycles. The Hall–Kier alpha value is -1.17. The van der Waals surface area contributed by atoms with Crippen molar-refractivity contribution in [1.29, 1.82) is 0 Å². The summed E-state index contributed by atoms with van der Waals surface area (Å²) in [5.74, 6) is 1.19. The Morgan fingerprint density at radius 3 is 2.18 bits per heavy atom. The molecule has 1 rings (SSSR count). The van der Waals surface area contributed by atoms with Gasteiger partial charge in [-0.3, -0.25) is 0 Å². The Labute approximate surface area is 173 Å². The SMILES string of the molecule is COc1ccc(COCC(C)CCC(O[Si](C)(C)C(C)(C)C)C(C)C=O)cc1. The number of benzene rings is 1. The summed E-state index contributed by atoms with van der Waals surface area (Å²) in [5.41, 5.74) is 1.14. The molecule has 0 aromatic heterocycles. The van der Waals surface area contributed by atoms with Gasteiger partial charge in [0.1, 0.15) is 12.0 Å².